The van der Waals surface area contributed by atoms with Gasteiger partial charge in [-0.3, -0.25) is 9.69 Å². The molecule has 1 amide bonds. The molecule has 2 bridgehead atoms. The van der Waals surface area contributed by atoms with E-state index in [-0.39, 0.29) is 12.0 Å². The number of hydrogen-bond acceptors (Lipinski definition) is 7. The summed E-state index contributed by atoms with van der Waals surface area (Å²) in [5.74, 6) is -0.108. The molecule has 0 radical (unpaired) electrons. The third-order valence-electron chi connectivity index (χ3n) is 7.98. The number of aldehydes is 1. The highest BCUT2D eigenvalue weighted by Crippen LogP contribution is 2.36. The normalized spacial score (nSPS) is 21.0. The molecule has 0 aromatic heterocycles. The molecule has 3 aliphatic heterocycles. The van der Waals surface area contributed by atoms with E-state index in [4.69, 9.17) is 9.47 Å². The lowest BCUT2D eigenvalue weighted by Gasteiger charge is -2.44. The van der Waals surface area contributed by atoms with Crippen molar-refractivity contribution in [1.82, 2.24) is 4.90 Å². The lowest BCUT2D eigenvalue weighted by Crippen LogP contribution is -2.53. The summed E-state index contributed by atoms with van der Waals surface area (Å²) in [5.41, 5.74) is -0.460. The Bertz CT molecular complexity index is 1340. The number of fused-ring (bicyclic) bond motifs is 3. The van der Waals surface area contributed by atoms with Crippen LogP contribution in [0.2, 0.25) is 0 Å². The maximum atomic E-state index is 13.7. The minimum atomic E-state index is -2.04. The Kier molecular flexibility index (Phi) is 9.11. The van der Waals surface area contributed by atoms with Crippen LogP contribution in [0.3, 0.4) is 0 Å². The largest absolute Gasteiger partial charge is 0.494 e. The van der Waals surface area contributed by atoms with Gasteiger partial charge in [0.05, 0.1) is 6.61 Å². The molecule has 3 aromatic rings. The van der Waals surface area contributed by atoms with E-state index in [2.05, 4.69) is 10.2 Å². The van der Waals surface area contributed by atoms with Crippen LogP contribution in [0.4, 0.5) is 5.69 Å². The molecular weight excluding hydrogens is 520 g/mol. The Labute approximate surface area is 240 Å². The SMILES string of the molecule is O=CCCCCOc1ccc(C(=O)Nc2cccc(C(O)(C(=O)OC3CN4CCC3CC4)c3ccccc3)c2)cc1. The zero-order chi connectivity index (χ0) is 28.7. The Morgan fingerprint density at radius 2 is 1.68 bits per heavy atom. The number of unbranched alkanes of at least 4 members (excludes halogenated alkanes) is 2. The lowest BCUT2D eigenvalue weighted by atomic mass is 9.84. The third kappa shape index (κ3) is 6.66. The van der Waals surface area contributed by atoms with E-state index in [9.17, 15) is 19.5 Å². The standard InChI is InChI=1S/C33H36N2O6/c36-20-5-2-6-21-40-29-14-12-25(13-15-29)31(37)34-28-11-7-10-27(22-28)33(39,26-8-3-1-4-9-26)32(38)41-30-23-35-18-16-24(30)17-19-35/h1,3-4,7-15,20,22,24,30,39H,2,5-6,16-19,21,23H2,(H,34,37). The highest BCUT2D eigenvalue weighted by atomic mass is 16.6. The van der Waals surface area contributed by atoms with Crippen molar-refractivity contribution in [2.75, 3.05) is 31.6 Å². The van der Waals surface area contributed by atoms with Gasteiger partial charge >= 0.3 is 5.97 Å². The predicted molar refractivity (Wildman–Crippen MR) is 155 cm³/mol. The smallest absolute Gasteiger partial charge is 0.348 e. The Morgan fingerprint density at radius 1 is 0.951 bits per heavy atom. The number of carbonyl (C=O) groups is 3. The Hall–Kier alpha value is -4.01. The quantitative estimate of drug-likeness (QED) is 0.191. The highest BCUT2D eigenvalue weighted by Gasteiger charge is 2.45. The summed E-state index contributed by atoms with van der Waals surface area (Å²) in [6, 6.07) is 22.3. The zero-order valence-electron chi connectivity index (χ0n) is 23.0. The summed E-state index contributed by atoms with van der Waals surface area (Å²) in [5, 5.41) is 14.9. The number of piperidine rings is 3. The molecule has 3 aliphatic rings. The van der Waals surface area contributed by atoms with Gasteiger partial charge in [-0.05, 0) is 86.7 Å². The molecule has 214 valence electrons. The minimum absolute atomic E-state index is 0.258. The first kappa shape index (κ1) is 28.5. The van der Waals surface area contributed by atoms with Gasteiger partial charge in [-0.2, -0.15) is 0 Å². The van der Waals surface area contributed by atoms with Gasteiger partial charge in [-0.15, -0.1) is 0 Å². The molecule has 8 nitrogen and oxygen atoms in total. The number of rotatable bonds is 12. The van der Waals surface area contributed by atoms with Crippen molar-refractivity contribution in [3.05, 3.63) is 95.6 Å². The number of hydrogen-bond donors (Lipinski definition) is 2. The van der Waals surface area contributed by atoms with Crippen molar-refractivity contribution < 1.29 is 29.0 Å². The van der Waals surface area contributed by atoms with Crippen molar-refractivity contribution in [2.24, 2.45) is 5.92 Å². The number of anilines is 1. The number of amides is 1. The van der Waals surface area contributed by atoms with Crippen LogP contribution in [0.15, 0.2) is 78.9 Å². The minimum Gasteiger partial charge on any atom is -0.494 e. The number of carbonyl (C=O) groups excluding carboxylic acids is 3. The summed E-state index contributed by atoms with van der Waals surface area (Å²) < 4.78 is 11.7. The first-order valence-corrected chi connectivity index (χ1v) is 14.3. The fraction of sp³-hybridized carbons (Fsp3) is 0.364. The third-order valence-corrected chi connectivity index (χ3v) is 7.98. The van der Waals surface area contributed by atoms with Crippen molar-refractivity contribution in [2.45, 2.75) is 43.8 Å². The van der Waals surface area contributed by atoms with Crippen molar-refractivity contribution in [3.63, 3.8) is 0 Å². The van der Waals surface area contributed by atoms with Crippen LogP contribution in [-0.2, 0) is 19.9 Å². The summed E-state index contributed by atoms with van der Waals surface area (Å²) in [6.45, 7) is 3.21. The van der Waals surface area contributed by atoms with E-state index in [1.165, 1.54) is 0 Å². The van der Waals surface area contributed by atoms with Crippen LogP contribution in [0.5, 0.6) is 5.75 Å². The van der Waals surface area contributed by atoms with E-state index < -0.39 is 11.6 Å². The average molecular weight is 557 g/mol. The second-order valence-corrected chi connectivity index (χ2v) is 10.7. The highest BCUT2D eigenvalue weighted by molar-refractivity contribution is 6.04. The van der Waals surface area contributed by atoms with Gasteiger partial charge < -0.3 is 24.7 Å². The summed E-state index contributed by atoms with van der Waals surface area (Å²) >= 11 is 0. The van der Waals surface area contributed by atoms with Crippen LogP contribution in [-0.4, -0.2) is 60.5 Å². The number of esters is 1. The van der Waals surface area contributed by atoms with E-state index in [1.807, 2.05) is 6.07 Å². The molecule has 2 atom stereocenters. The molecule has 0 aliphatic carbocycles. The molecule has 3 aromatic carbocycles. The maximum Gasteiger partial charge on any atom is 0.348 e. The Balaban J connectivity index is 1.30. The molecule has 6 rings (SSSR count). The van der Waals surface area contributed by atoms with Gasteiger partial charge in [0.1, 0.15) is 18.1 Å². The van der Waals surface area contributed by atoms with Crippen LogP contribution in [0.1, 0.15) is 53.6 Å². The number of aliphatic hydroxyl groups is 1. The van der Waals surface area contributed by atoms with Crippen LogP contribution >= 0.6 is 0 Å². The molecule has 8 heteroatoms. The summed E-state index contributed by atoms with van der Waals surface area (Å²) in [6.07, 6.45) is 4.68. The molecule has 3 heterocycles. The van der Waals surface area contributed by atoms with E-state index in [0.29, 0.717) is 53.6 Å². The zero-order valence-corrected chi connectivity index (χ0v) is 23.0. The van der Waals surface area contributed by atoms with Crippen molar-refractivity contribution in [1.29, 1.82) is 0 Å². The number of nitrogens with one attached hydrogen (secondary N) is 1. The van der Waals surface area contributed by atoms with Gasteiger partial charge in [-0.25, -0.2) is 4.79 Å². The molecule has 41 heavy (non-hydrogen) atoms. The van der Waals surface area contributed by atoms with E-state index >= 15 is 0 Å². The van der Waals surface area contributed by atoms with Crippen LogP contribution < -0.4 is 10.1 Å². The second kappa shape index (κ2) is 13.1. The first-order chi connectivity index (χ1) is 20.0. The average Bonchev–Trinajstić information content (AvgIpc) is 3.02. The van der Waals surface area contributed by atoms with E-state index in [1.54, 1.807) is 72.8 Å². The topological polar surface area (TPSA) is 105 Å². The fourth-order valence-corrected chi connectivity index (χ4v) is 5.60. The number of nitrogens with zero attached hydrogens (tertiary/aromatic N) is 1. The molecule has 2 unspecified atom stereocenters. The van der Waals surface area contributed by atoms with Crippen LogP contribution in [0, 0.1) is 5.92 Å². The van der Waals surface area contributed by atoms with Gasteiger partial charge in [0.25, 0.3) is 5.91 Å². The molecular formula is C33H36N2O6. The fourth-order valence-electron chi connectivity index (χ4n) is 5.60. The van der Waals surface area contributed by atoms with Crippen LogP contribution in [0.25, 0.3) is 0 Å². The summed E-state index contributed by atoms with van der Waals surface area (Å²) in [4.78, 5) is 39.4. The molecule has 0 spiro atoms. The Morgan fingerprint density at radius 3 is 2.37 bits per heavy atom. The predicted octanol–water partition coefficient (Wildman–Crippen LogP) is 4.56. The number of benzene rings is 3. The van der Waals surface area contributed by atoms with Crippen molar-refractivity contribution in [3.8, 4) is 5.75 Å². The number of ether oxygens (including phenoxy) is 2. The summed E-state index contributed by atoms with van der Waals surface area (Å²) in [7, 11) is 0. The monoisotopic (exact) mass is 556 g/mol. The molecule has 3 saturated heterocycles. The first-order valence-electron chi connectivity index (χ1n) is 14.3. The van der Waals surface area contributed by atoms with Gasteiger partial charge in [-0.1, -0.05) is 42.5 Å². The van der Waals surface area contributed by atoms with Gasteiger partial charge in [0.2, 0.25) is 5.60 Å². The molecule has 2 N–H and O–H groups in total. The second-order valence-electron chi connectivity index (χ2n) is 10.7. The van der Waals surface area contributed by atoms with Gasteiger partial charge in [0.15, 0.2) is 0 Å². The van der Waals surface area contributed by atoms with E-state index in [0.717, 1.165) is 45.1 Å². The lowest BCUT2D eigenvalue weighted by molar-refractivity contribution is -0.177. The van der Waals surface area contributed by atoms with Crippen molar-refractivity contribution >= 4 is 23.9 Å². The maximum absolute atomic E-state index is 13.7. The molecule has 0 saturated carbocycles. The van der Waals surface area contributed by atoms with Gasteiger partial charge in [0, 0.05) is 29.8 Å². The molecule has 3 fully saturated rings.